The van der Waals surface area contributed by atoms with Gasteiger partial charge in [-0.25, -0.2) is 4.79 Å². The molecule has 3 rings (SSSR count). The van der Waals surface area contributed by atoms with Gasteiger partial charge in [0.25, 0.3) is 0 Å². The molecule has 0 aliphatic carbocycles. The molecule has 0 aromatic heterocycles. The van der Waals surface area contributed by atoms with E-state index in [4.69, 9.17) is 23.7 Å². The summed E-state index contributed by atoms with van der Waals surface area (Å²) in [7, 11) is 5.34. The molecule has 2 aliphatic rings. The number of hydrogen-bond acceptors (Lipinski definition) is 8. The SMILES string of the molecule is COCOc1cc(N(C)C)cc2c1C(=O)O[C@@H](C)[C@H](C)C=CC(=O)[C@H]1OC(C)(C)O[C@H]1CC=C2. The molecule has 4 atom stereocenters. The number of anilines is 1. The fourth-order valence-corrected chi connectivity index (χ4v) is 3.88. The Morgan fingerprint density at radius 1 is 1.12 bits per heavy atom. The number of rotatable bonds is 4. The Bertz CT molecular complexity index is 966. The van der Waals surface area contributed by atoms with Gasteiger partial charge in [-0.15, -0.1) is 0 Å². The van der Waals surface area contributed by atoms with E-state index in [2.05, 4.69) is 0 Å². The van der Waals surface area contributed by atoms with Crippen LogP contribution in [0.1, 0.15) is 50.0 Å². The molecule has 2 heterocycles. The van der Waals surface area contributed by atoms with Crippen LogP contribution in [0.5, 0.6) is 5.75 Å². The summed E-state index contributed by atoms with van der Waals surface area (Å²) in [5.41, 5.74) is 1.80. The molecule has 1 fully saturated rings. The van der Waals surface area contributed by atoms with Crippen LogP contribution in [0.2, 0.25) is 0 Å². The molecule has 8 nitrogen and oxygen atoms in total. The molecule has 0 spiro atoms. The minimum absolute atomic E-state index is 0.0128. The number of fused-ring (bicyclic) bond motifs is 2. The third kappa shape index (κ3) is 6.05. The molecule has 0 N–H and O–H groups in total. The molecule has 186 valence electrons. The lowest BCUT2D eigenvalue weighted by Gasteiger charge is -2.22. The second kappa shape index (κ2) is 10.7. The van der Waals surface area contributed by atoms with Crippen LogP contribution in [0.25, 0.3) is 6.08 Å². The van der Waals surface area contributed by atoms with Gasteiger partial charge in [0.05, 0.1) is 6.10 Å². The minimum atomic E-state index is -0.865. The van der Waals surface area contributed by atoms with Gasteiger partial charge in [-0.05, 0) is 44.9 Å². The lowest BCUT2D eigenvalue weighted by Crippen LogP contribution is -2.30. The maximum atomic E-state index is 13.3. The highest BCUT2D eigenvalue weighted by Crippen LogP contribution is 2.34. The zero-order valence-electron chi connectivity index (χ0n) is 21.0. The Hall–Kier alpha value is -2.68. The van der Waals surface area contributed by atoms with Crippen LogP contribution in [0.15, 0.2) is 30.4 Å². The first kappa shape index (κ1) is 25.9. The topological polar surface area (TPSA) is 83.5 Å². The van der Waals surface area contributed by atoms with E-state index in [9.17, 15) is 9.59 Å². The van der Waals surface area contributed by atoms with Gasteiger partial charge in [-0.2, -0.15) is 0 Å². The summed E-state index contributed by atoms with van der Waals surface area (Å²) < 4.78 is 28.5. The second-order valence-corrected chi connectivity index (χ2v) is 9.32. The zero-order chi connectivity index (χ0) is 25.0. The van der Waals surface area contributed by atoms with Crippen molar-refractivity contribution in [1.29, 1.82) is 0 Å². The van der Waals surface area contributed by atoms with Gasteiger partial charge in [0.15, 0.2) is 18.4 Å². The molecule has 8 heteroatoms. The summed E-state index contributed by atoms with van der Waals surface area (Å²) >= 11 is 0. The summed E-state index contributed by atoms with van der Waals surface area (Å²) in [6.07, 6.45) is 5.73. The molecular formula is C26H35NO7. The first-order valence-corrected chi connectivity index (χ1v) is 11.4. The van der Waals surface area contributed by atoms with Crippen molar-refractivity contribution < 1.29 is 33.3 Å². The van der Waals surface area contributed by atoms with Crippen LogP contribution in [0.3, 0.4) is 0 Å². The van der Waals surface area contributed by atoms with E-state index in [1.807, 2.05) is 44.1 Å². The van der Waals surface area contributed by atoms with Gasteiger partial charge < -0.3 is 28.6 Å². The van der Waals surface area contributed by atoms with E-state index in [0.717, 1.165) is 5.69 Å². The molecule has 0 amide bonds. The van der Waals surface area contributed by atoms with Crippen molar-refractivity contribution in [1.82, 2.24) is 0 Å². The lowest BCUT2D eigenvalue weighted by molar-refractivity contribution is -0.152. The Labute approximate surface area is 201 Å². The lowest BCUT2D eigenvalue weighted by atomic mass is 9.99. The Kier molecular flexibility index (Phi) is 8.17. The largest absolute Gasteiger partial charge is 0.467 e. The molecule has 0 saturated carbocycles. The van der Waals surface area contributed by atoms with Crippen molar-refractivity contribution in [3.05, 3.63) is 41.5 Å². The Balaban J connectivity index is 2.10. The van der Waals surface area contributed by atoms with E-state index in [1.54, 1.807) is 32.9 Å². The van der Waals surface area contributed by atoms with E-state index in [0.29, 0.717) is 23.3 Å². The van der Waals surface area contributed by atoms with Crippen molar-refractivity contribution in [2.24, 2.45) is 5.92 Å². The third-order valence-corrected chi connectivity index (χ3v) is 5.90. The number of ether oxygens (including phenoxy) is 5. The molecule has 1 saturated heterocycles. The van der Waals surface area contributed by atoms with Crippen molar-refractivity contribution in [2.75, 3.05) is 32.9 Å². The second-order valence-electron chi connectivity index (χ2n) is 9.32. The maximum absolute atomic E-state index is 13.3. The monoisotopic (exact) mass is 473 g/mol. The van der Waals surface area contributed by atoms with E-state index < -0.39 is 30.1 Å². The van der Waals surface area contributed by atoms with E-state index >= 15 is 0 Å². The fourth-order valence-electron chi connectivity index (χ4n) is 3.88. The highest BCUT2D eigenvalue weighted by molar-refractivity contribution is 5.98. The molecule has 0 radical (unpaired) electrons. The molecule has 2 aliphatic heterocycles. The average molecular weight is 474 g/mol. The first-order chi connectivity index (χ1) is 16.0. The average Bonchev–Trinajstić information content (AvgIpc) is 3.08. The van der Waals surface area contributed by atoms with Gasteiger partial charge in [0.2, 0.25) is 0 Å². The van der Waals surface area contributed by atoms with Crippen LogP contribution in [0, 0.1) is 5.92 Å². The highest BCUT2D eigenvalue weighted by Gasteiger charge is 2.43. The summed E-state index contributed by atoms with van der Waals surface area (Å²) in [6.45, 7) is 7.26. The highest BCUT2D eigenvalue weighted by atomic mass is 16.8. The van der Waals surface area contributed by atoms with Crippen LogP contribution in [0.4, 0.5) is 5.69 Å². The number of carbonyl (C=O) groups excluding carboxylic acids is 2. The fraction of sp³-hybridized carbons (Fsp3) is 0.538. The van der Waals surface area contributed by atoms with E-state index in [1.165, 1.54) is 13.2 Å². The summed E-state index contributed by atoms with van der Waals surface area (Å²) in [4.78, 5) is 28.1. The zero-order valence-corrected chi connectivity index (χ0v) is 21.0. The summed E-state index contributed by atoms with van der Waals surface area (Å²) in [5, 5.41) is 0. The number of cyclic esters (lactones) is 1. The van der Waals surface area contributed by atoms with Crippen LogP contribution in [-0.4, -0.2) is 63.8 Å². The minimum Gasteiger partial charge on any atom is -0.467 e. The summed E-state index contributed by atoms with van der Waals surface area (Å²) in [5.74, 6) is -1.37. The van der Waals surface area contributed by atoms with Gasteiger partial charge in [0, 0.05) is 38.9 Å². The number of nitrogens with zero attached hydrogens (tertiary/aromatic N) is 1. The quantitative estimate of drug-likeness (QED) is 0.480. The number of carbonyl (C=O) groups is 2. The smallest absolute Gasteiger partial charge is 0.342 e. The van der Waals surface area contributed by atoms with Crippen LogP contribution >= 0.6 is 0 Å². The first-order valence-electron chi connectivity index (χ1n) is 11.4. The maximum Gasteiger partial charge on any atom is 0.342 e. The number of methoxy groups -OCH3 is 1. The van der Waals surface area contributed by atoms with Gasteiger partial charge in [-0.1, -0.05) is 25.2 Å². The molecule has 0 bridgehead atoms. The molecule has 1 aromatic carbocycles. The molecular weight excluding hydrogens is 438 g/mol. The van der Waals surface area contributed by atoms with Crippen LogP contribution in [-0.2, 0) is 23.7 Å². The number of hydrogen-bond donors (Lipinski definition) is 0. The Morgan fingerprint density at radius 3 is 2.53 bits per heavy atom. The van der Waals surface area contributed by atoms with Gasteiger partial charge >= 0.3 is 5.97 Å². The standard InChI is InChI=1S/C26H35NO7/c1-16-11-12-20(28)24-21(33-26(3,4)34-24)10-8-9-18-13-19(27(5)6)14-22(31-15-30-7)23(18)25(29)32-17(16)2/h8-9,11-14,16-17,21,24H,10,15H2,1-7H3/t16-,17+,21+,24-/m1/s1. The summed E-state index contributed by atoms with van der Waals surface area (Å²) in [6, 6.07) is 3.68. The predicted molar refractivity (Wildman–Crippen MR) is 129 cm³/mol. The van der Waals surface area contributed by atoms with Gasteiger partial charge in [-0.3, -0.25) is 4.79 Å². The molecule has 1 aromatic rings. The van der Waals surface area contributed by atoms with Crippen molar-refractivity contribution in [2.45, 2.75) is 58.2 Å². The van der Waals surface area contributed by atoms with Crippen molar-refractivity contribution >= 4 is 23.5 Å². The number of ketones is 1. The van der Waals surface area contributed by atoms with Crippen molar-refractivity contribution in [3.63, 3.8) is 0 Å². The number of esters is 1. The van der Waals surface area contributed by atoms with Crippen molar-refractivity contribution in [3.8, 4) is 5.75 Å². The molecule has 34 heavy (non-hydrogen) atoms. The third-order valence-electron chi connectivity index (χ3n) is 5.90. The van der Waals surface area contributed by atoms with Crippen LogP contribution < -0.4 is 9.64 Å². The normalized spacial score (nSPS) is 26.9. The van der Waals surface area contributed by atoms with E-state index in [-0.39, 0.29) is 18.5 Å². The van der Waals surface area contributed by atoms with Gasteiger partial charge in [0.1, 0.15) is 23.5 Å². The molecule has 0 unspecified atom stereocenters. The Morgan fingerprint density at radius 2 is 1.85 bits per heavy atom. The number of benzene rings is 1. The predicted octanol–water partition coefficient (Wildman–Crippen LogP) is 3.98.